The zero-order chi connectivity index (χ0) is 12.4. The molecule has 4 heteroatoms. The maximum absolute atomic E-state index is 12.2. The van der Waals surface area contributed by atoms with Gasteiger partial charge in [0.05, 0.1) is 0 Å². The number of nitrogens with zero attached hydrogens (tertiary/aromatic N) is 1. The molecular formula is C13H20N2O2. The molecule has 0 aliphatic heterocycles. The molecule has 17 heavy (non-hydrogen) atoms. The van der Waals surface area contributed by atoms with E-state index >= 15 is 0 Å². The summed E-state index contributed by atoms with van der Waals surface area (Å²) in [6.45, 7) is 3.75. The van der Waals surface area contributed by atoms with Gasteiger partial charge in [-0.1, -0.05) is 26.2 Å². The molecule has 1 fully saturated rings. The molecule has 1 aromatic rings. The van der Waals surface area contributed by atoms with Crippen LogP contribution in [0.3, 0.4) is 0 Å². The van der Waals surface area contributed by atoms with Gasteiger partial charge in [0.25, 0.3) is 5.56 Å². The lowest BCUT2D eigenvalue weighted by Gasteiger charge is -2.23. The van der Waals surface area contributed by atoms with E-state index in [2.05, 4.69) is 4.98 Å². The van der Waals surface area contributed by atoms with Crippen molar-refractivity contribution >= 4 is 0 Å². The van der Waals surface area contributed by atoms with Crippen molar-refractivity contribution in [1.82, 2.24) is 9.55 Å². The van der Waals surface area contributed by atoms with E-state index in [1.54, 1.807) is 6.92 Å². The summed E-state index contributed by atoms with van der Waals surface area (Å²) in [6, 6.07) is 0.101. The van der Waals surface area contributed by atoms with Gasteiger partial charge in [0, 0.05) is 17.3 Å². The minimum atomic E-state index is -0.232. The van der Waals surface area contributed by atoms with Crippen LogP contribution < -0.4 is 11.2 Å². The zero-order valence-corrected chi connectivity index (χ0v) is 10.6. The Morgan fingerprint density at radius 2 is 1.88 bits per heavy atom. The number of aryl methyl sites for hydroxylation is 1. The quantitative estimate of drug-likeness (QED) is 0.852. The highest BCUT2D eigenvalue weighted by atomic mass is 16.2. The molecule has 0 radical (unpaired) electrons. The van der Waals surface area contributed by atoms with Crippen LogP contribution in [0.2, 0.25) is 0 Å². The van der Waals surface area contributed by atoms with Crippen LogP contribution in [0.4, 0.5) is 0 Å². The molecule has 0 saturated heterocycles. The van der Waals surface area contributed by atoms with E-state index in [0.717, 1.165) is 31.4 Å². The summed E-state index contributed by atoms with van der Waals surface area (Å²) >= 11 is 0. The minimum absolute atomic E-state index is 0.0995. The van der Waals surface area contributed by atoms with Gasteiger partial charge >= 0.3 is 5.69 Å². The fourth-order valence-electron chi connectivity index (χ4n) is 2.71. The van der Waals surface area contributed by atoms with Gasteiger partial charge in [0.2, 0.25) is 0 Å². The average Bonchev–Trinajstić information content (AvgIpc) is 2.35. The van der Waals surface area contributed by atoms with E-state index in [1.807, 2.05) is 6.92 Å². The standard InChI is InChI=1S/C13H20N2O2/c1-3-11-9(2)12(16)15(13(17)14-11)10-7-5-4-6-8-10/h10H,3-8H2,1-2H3,(H,14,17). The summed E-state index contributed by atoms with van der Waals surface area (Å²) in [6.07, 6.45) is 6.05. The Morgan fingerprint density at radius 1 is 1.24 bits per heavy atom. The largest absolute Gasteiger partial charge is 0.328 e. The number of aromatic nitrogens is 2. The predicted molar refractivity (Wildman–Crippen MR) is 67.6 cm³/mol. The fraction of sp³-hybridized carbons (Fsp3) is 0.692. The fourth-order valence-corrected chi connectivity index (χ4v) is 2.71. The Morgan fingerprint density at radius 3 is 2.47 bits per heavy atom. The monoisotopic (exact) mass is 236 g/mol. The number of rotatable bonds is 2. The van der Waals surface area contributed by atoms with Crippen molar-refractivity contribution in [1.29, 1.82) is 0 Å². The topological polar surface area (TPSA) is 54.9 Å². The van der Waals surface area contributed by atoms with Crippen LogP contribution in [0, 0.1) is 6.92 Å². The number of aromatic amines is 1. The molecule has 0 atom stereocenters. The molecule has 0 unspecified atom stereocenters. The summed E-state index contributed by atoms with van der Waals surface area (Å²) in [7, 11) is 0. The van der Waals surface area contributed by atoms with Crippen LogP contribution in [0.15, 0.2) is 9.59 Å². The Hall–Kier alpha value is -1.32. The summed E-state index contributed by atoms with van der Waals surface area (Å²) in [5, 5.41) is 0. The number of nitrogens with one attached hydrogen (secondary N) is 1. The van der Waals surface area contributed by atoms with Crippen LogP contribution in [0.25, 0.3) is 0 Å². The third-order valence-corrected chi connectivity index (χ3v) is 3.76. The highest BCUT2D eigenvalue weighted by Gasteiger charge is 2.20. The highest BCUT2D eigenvalue weighted by molar-refractivity contribution is 5.15. The summed E-state index contributed by atoms with van der Waals surface area (Å²) in [4.78, 5) is 27.0. The van der Waals surface area contributed by atoms with Gasteiger partial charge in [-0.25, -0.2) is 4.79 Å². The highest BCUT2D eigenvalue weighted by Crippen LogP contribution is 2.25. The Kier molecular flexibility index (Phi) is 3.50. The van der Waals surface area contributed by atoms with Crippen LogP contribution >= 0.6 is 0 Å². The van der Waals surface area contributed by atoms with Gasteiger partial charge in [0.1, 0.15) is 0 Å². The Bertz CT molecular complexity index is 507. The molecule has 2 rings (SSSR count). The molecule has 1 N–H and O–H groups in total. The van der Waals surface area contributed by atoms with Crippen molar-refractivity contribution < 1.29 is 0 Å². The van der Waals surface area contributed by atoms with Gasteiger partial charge in [0.15, 0.2) is 0 Å². The smallest absolute Gasteiger partial charge is 0.311 e. The maximum atomic E-state index is 12.2. The van der Waals surface area contributed by atoms with Crippen LogP contribution in [-0.2, 0) is 6.42 Å². The van der Waals surface area contributed by atoms with Gasteiger partial charge in [-0.05, 0) is 26.2 Å². The second kappa shape index (κ2) is 4.90. The second-order valence-corrected chi connectivity index (χ2v) is 4.85. The zero-order valence-electron chi connectivity index (χ0n) is 10.6. The predicted octanol–water partition coefficient (Wildman–Crippen LogP) is 1.91. The van der Waals surface area contributed by atoms with Crippen molar-refractivity contribution in [3.8, 4) is 0 Å². The average molecular weight is 236 g/mol. The normalized spacial score (nSPS) is 17.3. The number of hydrogen-bond donors (Lipinski definition) is 1. The lowest BCUT2D eigenvalue weighted by Crippen LogP contribution is -2.41. The SMILES string of the molecule is CCc1[nH]c(=O)n(C2CCCCC2)c(=O)c1C. The minimum Gasteiger partial charge on any atom is -0.311 e. The third-order valence-electron chi connectivity index (χ3n) is 3.76. The first kappa shape index (κ1) is 12.1. The molecule has 1 saturated carbocycles. The van der Waals surface area contributed by atoms with Gasteiger partial charge in [-0.2, -0.15) is 0 Å². The first-order valence-electron chi connectivity index (χ1n) is 6.49. The molecular weight excluding hydrogens is 216 g/mol. The maximum Gasteiger partial charge on any atom is 0.328 e. The summed E-state index contributed by atoms with van der Waals surface area (Å²) < 4.78 is 1.44. The van der Waals surface area contributed by atoms with E-state index in [-0.39, 0.29) is 17.3 Å². The van der Waals surface area contributed by atoms with Gasteiger partial charge < -0.3 is 4.98 Å². The Balaban J connectivity index is 2.50. The lowest BCUT2D eigenvalue weighted by molar-refractivity contribution is 0.335. The third kappa shape index (κ3) is 2.21. The van der Waals surface area contributed by atoms with Crippen LogP contribution in [-0.4, -0.2) is 9.55 Å². The number of H-pyrrole nitrogens is 1. The van der Waals surface area contributed by atoms with Crippen molar-refractivity contribution in [3.05, 3.63) is 32.1 Å². The molecule has 1 aliphatic rings. The molecule has 1 aromatic heterocycles. The van der Waals surface area contributed by atoms with E-state index in [4.69, 9.17) is 0 Å². The molecule has 4 nitrogen and oxygen atoms in total. The van der Waals surface area contributed by atoms with E-state index < -0.39 is 0 Å². The van der Waals surface area contributed by atoms with E-state index in [1.165, 1.54) is 11.0 Å². The van der Waals surface area contributed by atoms with E-state index in [0.29, 0.717) is 12.0 Å². The molecule has 0 amide bonds. The van der Waals surface area contributed by atoms with Crippen molar-refractivity contribution in [2.75, 3.05) is 0 Å². The van der Waals surface area contributed by atoms with E-state index in [9.17, 15) is 9.59 Å². The first-order valence-corrected chi connectivity index (χ1v) is 6.49. The molecule has 0 spiro atoms. The molecule has 1 aliphatic carbocycles. The molecule has 94 valence electrons. The number of hydrogen-bond acceptors (Lipinski definition) is 2. The molecule has 0 aromatic carbocycles. The first-order chi connectivity index (χ1) is 8.15. The van der Waals surface area contributed by atoms with Crippen molar-refractivity contribution in [3.63, 3.8) is 0 Å². The van der Waals surface area contributed by atoms with Crippen molar-refractivity contribution in [2.45, 2.75) is 58.4 Å². The molecule has 0 bridgehead atoms. The Labute approximate surface area is 101 Å². The lowest BCUT2D eigenvalue weighted by atomic mass is 9.95. The van der Waals surface area contributed by atoms with Crippen molar-refractivity contribution in [2.24, 2.45) is 0 Å². The van der Waals surface area contributed by atoms with Gasteiger partial charge in [-0.3, -0.25) is 9.36 Å². The second-order valence-electron chi connectivity index (χ2n) is 4.85. The summed E-state index contributed by atoms with van der Waals surface area (Å²) in [5.74, 6) is 0. The van der Waals surface area contributed by atoms with Crippen LogP contribution in [0.5, 0.6) is 0 Å². The van der Waals surface area contributed by atoms with Crippen LogP contribution in [0.1, 0.15) is 56.3 Å². The molecule has 1 heterocycles. The van der Waals surface area contributed by atoms with Gasteiger partial charge in [-0.15, -0.1) is 0 Å². The summed E-state index contributed by atoms with van der Waals surface area (Å²) in [5.41, 5.74) is 1.13.